The van der Waals surface area contributed by atoms with Crippen LogP contribution in [0.25, 0.3) is 11.0 Å². The molecule has 0 amide bonds. The fraction of sp³-hybridized carbons (Fsp3) is 0.462. The van der Waals surface area contributed by atoms with E-state index in [4.69, 9.17) is 0 Å². The van der Waals surface area contributed by atoms with Gasteiger partial charge in [0.05, 0.1) is 17.4 Å². The van der Waals surface area contributed by atoms with Crippen molar-refractivity contribution >= 4 is 11.0 Å². The van der Waals surface area contributed by atoms with Crippen LogP contribution in [0, 0.1) is 0 Å². The highest BCUT2D eigenvalue weighted by atomic mass is 15.1. The van der Waals surface area contributed by atoms with Crippen LogP contribution in [0.5, 0.6) is 0 Å². The summed E-state index contributed by atoms with van der Waals surface area (Å²) in [6.45, 7) is 5.54. The van der Waals surface area contributed by atoms with Gasteiger partial charge in [0, 0.05) is 19.6 Å². The molecule has 2 heterocycles. The van der Waals surface area contributed by atoms with Gasteiger partial charge in [-0.15, -0.1) is 0 Å². The van der Waals surface area contributed by atoms with Crippen molar-refractivity contribution in [2.45, 2.75) is 13.0 Å². The molecule has 1 aliphatic heterocycles. The van der Waals surface area contributed by atoms with Crippen molar-refractivity contribution in [1.29, 1.82) is 0 Å². The maximum absolute atomic E-state index is 4.41. The number of aromatic nitrogens is 2. The predicted octanol–water partition coefficient (Wildman–Crippen LogP) is 1.36. The molecule has 17 heavy (non-hydrogen) atoms. The summed E-state index contributed by atoms with van der Waals surface area (Å²) in [5, 5.41) is 3.43. The third-order valence-corrected chi connectivity index (χ3v) is 3.36. The summed E-state index contributed by atoms with van der Waals surface area (Å²) < 4.78 is 0. The number of para-hydroxylation sites is 1. The average molecular weight is 230 g/mol. The summed E-state index contributed by atoms with van der Waals surface area (Å²) in [6.07, 6.45) is 3.01. The maximum atomic E-state index is 4.41. The summed E-state index contributed by atoms with van der Waals surface area (Å²) in [5.74, 6) is 0. The van der Waals surface area contributed by atoms with E-state index in [0.29, 0.717) is 0 Å². The number of fused-ring (bicyclic) bond motifs is 1. The Bertz CT molecular complexity index is 483. The highest BCUT2D eigenvalue weighted by molar-refractivity contribution is 5.77. The van der Waals surface area contributed by atoms with Crippen molar-refractivity contribution in [3.05, 3.63) is 30.1 Å². The molecule has 0 atom stereocenters. The molecule has 0 saturated carbocycles. The van der Waals surface area contributed by atoms with E-state index in [1.807, 2.05) is 0 Å². The molecule has 1 aliphatic rings. The third-order valence-electron chi connectivity index (χ3n) is 3.36. The Morgan fingerprint density at radius 1 is 1.24 bits per heavy atom. The Morgan fingerprint density at radius 2 is 2.24 bits per heavy atom. The lowest BCUT2D eigenvalue weighted by Crippen LogP contribution is -2.27. The Hall–Kier alpha value is -1.39. The minimum atomic E-state index is 1.00. The highest BCUT2D eigenvalue weighted by Crippen LogP contribution is 2.16. The quantitative estimate of drug-likeness (QED) is 0.818. The number of imidazole rings is 1. The van der Waals surface area contributed by atoms with Gasteiger partial charge < -0.3 is 10.3 Å². The first kappa shape index (κ1) is 10.7. The Balaban J connectivity index is 1.81. The Morgan fingerprint density at radius 3 is 3.24 bits per heavy atom. The second-order valence-electron chi connectivity index (χ2n) is 4.60. The van der Waals surface area contributed by atoms with Crippen molar-refractivity contribution in [3.8, 4) is 0 Å². The molecule has 0 bridgehead atoms. The van der Waals surface area contributed by atoms with E-state index in [1.165, 1.54) is 18.5 Å². The van der Waals surface area contributed by atoms with Crippen LogP contribution in [0.1, 0.15) is 12.0 Å². The van der Waals surface area contributed by atoms with E-state index >= 15 is 0 Å². The van der Waals surface area contributed by atoms with Crippen molar-refractivity contribution in [2.75, 3.05) is 26.2 Å². The highest BCUT2D eigenvalue weighted by Gasteiger charge is 2.11. The first-order chi connectivity index (χ1) is 8.43. The molecule has 1 aromatic carbocycles. The lowest BCUT2D eigenvalue weighted by Gasteiger charge is -2.19. The van der Waals surface area contributed by atoms with Crippen LogP contribution in [0.15, 0.2) is 24.5 Å². The van der Waals surface area contributed by atoms with Crippen LogP contribution in [0.2, 0.25) is 0 Å². The zero-order valence-electron chi connectivity index (χ0n) is 9.95. The molecule has 1 saturated heterocycles. The largest absolute Gasteiger partial charge is 0.345 e. The van der Waals surface area contributed by atoms with Crippen LogP contribution >= 0.6 is 0 Å². The van der Waals surface area contributed by atoms with Gasteiger partial charge in [-0.1, -0.05) is 12.1 Å². The zero-order chi connectivity index (χ0) is 11.5. The van der Waals surface area contributed by atoms with Gasteiger partial charge in [0.15, 0.2) is 0 Å². The van der Waals surface area contributed by atoms with Crippen LogP contribution in [0.3, 0.4) is 0 Å². The lowest BCUT2D eigenvalue weighted by molar-refractivity contribution is 0.285. The molecular formula is C13H18N4. The fourth-order valence-electron chi connectivity index (χ4n) is 2.45. The topological polar surface area (TPSA) is 44.0 Å². The molecule has 90 valence electrons. The number of rotatable bonds is 2. The molecule has 0 unspecified atom stereocenters. The molecular weight excluding hydrogens is 212 g/mol. The normalized spacial score (nSPS) is 18.4. The standard InChI is InChI=1S/C13H18N4/c1-3-11(13-12(4-1)15-10-16-13)9-17-7-2-5-14-6-8-17/h1,3-4,10,14H,2,5-9H2,(H,15,16). The molecule has 1 fully saturated rings. The molecule has 4 heteroatoms. The maximum Gasteiger partial charge on any atom is 0.0932 e. The summed E-state index contributed by atoms with van der Waals surface area (Å²) >= 11 is 0. The van der Waals surface area contributed by atoms with Crippen LogP contribution < -0.4 is 5.32 Å². The van der Waals surface area contributed by atoms with Crippen LogP contribution in [-0.4, -0.2) is 41.0 Å². The zero-order valence-corrected chi connectivity index (χ0v) is 9.95. The van der Waals surface area contributed by atoms with E-state index in [-0.39, 0.29) is 0 Å². The predicted molar refractivity (Wildman–Crippen MR) is 68.9 cm³/mol. The molecule has 0 aliphatic carbocycles. The van der Waals surface area contributed by atoms with Crippen LogP contribution in [-0.2, 0) is 6.54 Å². The third kappa shape index (κ3) is 2.33. The minimum Gasteiger partial charge on any atom is -0.345 e. The number of hydrogen-bond donors (Lipinski definition) is 2. The summed E-state index contributed by atoms with van der Waals surface area (Å²) in [7, 11) is 0. The number of aromatic amines is 1. The summed E-state index contributed by atoms with van der Waals surface area (Å²) in [5.41, 5.74) is 3.57. The monoisotopic (exact) mass is 230 g/mol. The van der Waals surface area contributed by atoms with E-state index in [0.717, 1.165) is 37.2 Å². The molecule has 1 aromatic heterocycles. The van der Waals surface area contributed by atoms with Gasteiger partial charge in [-0.2, -0.15) is 0 Å². The van der Waals surface area contributed by atoms with E-state index in [9.17, 15) is 0 Å². The van der Waals surface area contributed by atoms with Crippen molar-refractivity contribution < 1.29 is 0 Å². The number of benzene rings is 1. The number of H-pyrrole nitrogens is 1. The SMILES string of the molecule is c1cc(CN2CCCNCC2)c2nc[nH]c2c1. The Kier molecular flexibility index (Phi) is 3.07. The second kappa shape index (κ2) is 4.85. The number of nitrogens with zero attached hydrogens (tertiary/aromatic N) is 2. The lowest BCUT2D eigenvalue weighted by atomic mass is 10.1. The van der Waals surface area contributed by atoms with E-state index in [1.54, 1.807) is 6.33 Å². The van der Waals surface area contributed by atoms with Crippen molar-refractivity contribution in [1.82, 2.24) is 20.2 Å². The number of nitrogens with one attached hydrogen (secondary N) is 2. The van der Waals surface area contributed by atoms with Gasteiger partial charge in [0.2, 0.25) is 0 Å². The molecule has 0 radical (unpaired) electrons. The van der Waals surface area contributed by atoms with Gasteiger partial charge in [-0.3, -0.25) is 4.90 Å². The molecule has 2 N–H and O–H groups in total. The first-order valence-electron chi connectivity index (χ1n) is 6.27. The molecule has 4 nitrogen and oxygen atoms in total. The summed E-state index contributed by atoms with van der Waals surface area (Å²) in [6, 6.07) is 6.36. The van der Waals surface area contributed by atoms with Crippen molar-refractivity contribution in [3.63, 3.8) is 0 Å². The Labute approximate surface area is 101 Å². The molecule has 3 rings (SSSR count). The minimum absolute atomic E-state index is 1.00. The van der Waals surface area contributed by atoms with E-state index in [2.05, 4.69) is 38.4 Å². The average Bonchev–Trinajstić information content (AvgIpc) is 2.69. The van der Waals surface area contributed by atoms with Gasteiger partial charge in [0.25, 0.3) is 0 Å². The van der Waals surface area contributed by atoms with Gasteiger partial charge >= 0.3 is 0 Å². The molecule has 0 spiro atoms. The smallest absolute Gasteiger partial charge is 0.0932 e. The number of hydrogen-bond acceptors (Lipinski definition) is 3. The van der Waals surface area contributed by atoms with Gasteiger partial charge in [-0.25, -0.2) is 4.98 Å². The second-order valence-corrected chi connectivity index (χ2v) is 4.60. The van der Waals surface area contributed by atoms with Crippen LogP contribution in [0.4, 0.5) is 0 Å². The molecule has 2 aromatic rings. The van der Waals surface area contributed by atoms with Crippen molar-refractivity contribution in [2.24, 2.45) is 0 Å². The van der Waals surface area contributed by atoms with Gasteiger partial charge in [-0.05, 0) is 31.1 Å². The fourth-order valence-corrected chi connectivity index (χ4v) is 2.45. The first-order valence-corrected chi connectivity index (χ1v) is 6.27. The summed E-state index contributed by atoms with van der Waals surface area (Å²) in [4.78, 5) is 10.1. The van der Waals surface area contributed by atoms with Gasteiger partial charge in [0.1, 0.15) is 0 Å². The van der Waals surface area contributed by atoms with E-state index < -0.39 is 0 Å².